The van der Waals surface area contributed by atoms with Gasteiger partial charge in [0.15, 0.2) is 5.75 Å². The van der Waals surface area contributed by atoms with E-state index >= 15 is 0 Å². The lowest BCUT2D eigenvalue weighted by molar-refractivity contribution is 0.161. The van der Waals surface area contributed by atoms with Crippen LogP contribution >= 0.6 is 0 Å². The molecule has 1 atom stereocenters. The smallest absolute Gasteiger partial charge is 0.257 e. The van der Waals surface area contributed by atoms with Gasteiger partial charge in [0.2, 0.25) is 0 Å². The molecular formula is C13H17FN2O2. The first-order valence-corrected chi connectivity index (χ1v) is 6.43. The van der Waals surface area contributed by atoms with Crippen molar-refractivity contribution in [3.05, 3.63) is 17.6 Å². The van der Waals surface area contributed by atoms with Crippen LogP contribution in [0.3, 0.4) is 0 Å². The van der Waals surface area contributed by atoms with Gasteiger partial charge in [-0.05, 0) is 26.3 Å². The minimum Gasteiger partial charge on any atom is -0.484 e. The zero-order valence-corrected chi connectivity index (χ0v) is 10.5. The van der Waals surface area contributed by atoms with Crippen molar-refractivity contribution in [3.63, 3.8) is 0 Å². The number of likely N-dealkylation sites (tertiary alicyclic amines) is 1. The minimum absolute atomic E-state index is 0.307. The van der Waals surface area contributed by atoms with Crippen molar-refractivity contribution >= 4 is 0 Å². The molecule has 0 amide bonds. The number of fused-ring (bicyclic) bond motifs is 1. The molecule has 4 nitrogen and oxygen atoms in total. The summed E-state index contributed by atoms with van der Waals surface area (Å²) in [5, 5.41) is 0. The van der Waals surface area contributed by atoms with Crippen molar-refractivity contribution in [1.29, 1.82) is 0 Å². The molecule has 0 unspecified atom stereocenters. The second kappa shape index (κ2) is 4.72. The Morgan fingerprint density at radius 1 is 1.44 bits per heavy atom. The summed E-state index contributed by atoms with van der Waals surface area (Å²) in [6.45, 7) is 4.66. The molecule has 1 saturated heterocycles. The van der Waals surface area contributed by atoms with Crippen LogP contribution in [0, 0.1) is 5.82 Å². The maximum absolute atomic E-state index is 13.9. The van der Waals surface area contributed by atoms with Gasteiger partial charge >= 0.3 is 0 Å². The lowest BCUT2D eigenvalue weighted by Gasteiger charge is -2.22. The molecule has 3 heterocycles. The third-order valence-electron chi connectivity index (χ3n) is 3.60. The molecule has 98 valence electrons. The average molecular weight is 252 g/mol. The van der Waals surface area contributed by atoms with E-state index in [-0.39, 0.29) is 5.82 Å². The van der Waals surface area contributed by atoms with Crippen LogP contribution in [0.25, 0.3) is 0 Å². The number of aromatic nitrogens is 1. The lowest BCUT2D eigenvalue weighted by Crippen LogP contribution is -2.27. The summed E-state index contributed by atoms with van der Waals surface area (Å²) in [6, 6.07) is 1.89. The minimum atomic E-state index is -0.307. The van der Waals surface area contributed by atoms with Gasteiger partial charge in [-0.1, -0.05) is 0 Å². The fourth-order valence-electron chi connectivity index (χ4n) is 2.52. The summed E-state index contributed by atoms with van der Waals surface area (Å²) in [7, 11) is 0. The Morgan fingerprint density at radius 3 is 3.06 bits per heavy atom. The van der Waals surface area contributed by atoms with Gasteiger partial charge in [-0.2, -0.15) is 0 Å². The normalized spacial score (nSPS) is 23.3. The summed E-state index contributed by atoms with van der Waals surface area (Å²) >= 11 is 0. The van der Waals surface area contributed by atoms with E-state index in [4.69, 9.17) is 9.47 Å². The molecule has 18 heavy (non-hydrogen) atoms. The number of rotatable bonds is 2. The van der Waals surface area contributed by atoms with E-state index < -0.39 is 0 Å². The van der Waals surface area contributed by atoms with E-state index in [1.165, 1.54) is 18.9 Å². The van der Waals surface area contributed by atoms with E-state index in [9.17, 15) is 4.39 Å². The summed E-state index contributed by atoms with van der Waals surface area (Å²) < 4.78 is 24.6. The number of nitrogens with zero attached hydrogens (tertiary/aromatic N) is 2. The maximum atomic E-state index is 13.9. The van der Waals surface area contributed by atoms with Gasteiger partial charge in [0.05, 0.1) is 5.69 Å². The van der Waals surface area contributed by atoms with Gasteiger partial charge in [-0.25, -0.2) is 9.37 Å². The second-order valence-electron chi connectivity index (χ2n) is 4.88. The van der Waals surface area contributed by atoms with Gasteiger partial charge in [-0.15, -0.1) is 0 Å². The highest BCUT2D eigenvalue weighted by atomic mass is 19.1. The number of ether oxygens (including phenoxy) is 2. The van der Waals surface area contributed by atoms with Crippen LogP contribution in [-0.2, 0) is 6.54 Å². The summed E-state index contributed by atoms with van der Waals surface area (Å²) in [4.78, 5) is 6.50. The second-order valence-corrected chi connectivity index (χ2v) is 4.88. The molecule has 0 N–H and O–H groups in total. The third kappa shape index (κ3) is 2.14. The van der Waals surface area contributed by atoms with Crippen molar-refractivity contribution < 1.29 is 13.9 Å². The average Bonchev–Trinajstić information content (AvgIpc) is 2.76. The van der Waals surface area contributed by atoms with Crippen molar-refractivity contribution in [1.82, 2.24) is 9.88 Å². The molecular weight excluding hydrogens is 235 g/mol. The lowest BCUT2D eigenvalue weighted by atomic mass is 10.2. The van der Waals surface area contributed by atoms with Crippen molar-refractivity contribution in [2.75, 3.05) is 19.8 Å². The monoisotopic (exact) mass is 252 g/mol. The third-order valence-corrected chi connectivity index (χ3v) is 3.60. The highest BCUT2D eigenvalue weighted by molar-refractivity contribution is 5.36. The first-order valence-electron chi connectivity index (χ1n) is 6.43. The van der Waals surface area contributed by atoms with E-state index in [1.807, 2.05) is 0 Å². The first kappa shape index (κ1) is 11.7. The molecule has 0 radical (unpaired) electrons. The van der Waals surface area contributed by atoms with Crippen molar-refractivity contribution in [2.45, 2.75) is 32.4 Å². The van der Waals surface area contributed by atoms with Crippen LogP contribution in [0.4, 0.5) is 4.39 Å². The molecule has 0 saturated carbocycles. The molecule has 0 bridgehead atoms. The molecule has 1 aromatic heterocycles. The van der Waals surface area contributed by atoms with Crippen LogP contribution in [0.1, 0.15) is 25.5 Å². The molecule has 2 aliphatic rings. The summed E-state index contributed by atoms with van der Waals surface area (Å²) in [5.41, 5.74) is 0.452. The highest BCUT2D eigenvalue weighted by Gasteiger charge is 2.24. The Balaban J connectivity index is 1.83. The molecule has 3 rings (SSSR count). The quantitative estimate of drug-likeness (QED) is 0.806. The largest absolute Gasteiger partial charge is 0.484 e. The standard InChI is InChI=1S/C13H17FN2O2/c1-9-3-2-4-16(9)8-11-10(14)7-12-13(15-11)18-6-5-17-12/h7,9H,2-6,8H2,1H3/t9-/m0/s1. The van der Waals surface area contributed by atoms with Crippen LogP contribution < -0.4 is 9.47 Å². The van der Waals surface area contributed by atoms with Gasteiger partial charge in [0, 0.05) is 18.7 Å². The molecule has 0 aromatic carbocycles. The predicted molar refractivity (Wildman–Crippen MR) is 64.3 cm³/mol. The molecule has 2 aliphatic heterocycles. The number of halogens is 1. The Labute approximate surface area is 106 Å². The zero-order valence-electron chi connectivity index (χ0n) is 10.5. The van der Waals surface area contributed by atoms with Crippen LogP contribution in [-0.4, -0.2) is 35.7 Å². The maximum Gasteiger partial charge on any atom is 0.257 e. The zero-order chi connectivity index (χ0) is 12.5. The van der Waals surface area contributed by atoms with Gasteiger partial charge in [0.25, 0.3) is 5.88 Å². The Kier molecular flexibility index (Phi) is 3.07. The van der Waals surface area contributed by atoms with E-state index in [0.717, 1.165) is 6.54 Å². The van der Waals surface area contributed by atoms with E-state index in [2.05, 4.69) is 16.8 Å². The Bertz CT molecular complexity index is 453. The number of hydrogen-bond acceptors (Lipinski definition) is 4. The first-order chi connectivity index (χ1) is 8.74. The topological polar surface area (TPSA) is 34.6 Å². The fourth-order valence-corrected chi connectivity index (χ4v) is 2.52. The van der Waals surface area contributed by atoms with Gasteiger partial charge < -0.3 is 9.47 Å². The SMILES string of the molecule is C[C@H]1CCCN1Cc1nc2c(cc1F)OCCO2. The summed E-state index contributed by atoms with van der Waals surface area (Å²) in [5.74, 6) is 0.528. The molecule has 1 fully saturated rings. The molecule has 0 aliphatic carbocycles. The molecule has 5 heteroatoms. The highest BCUT2D eigenvalue weighted by Crippen LogP contribution is 2.30. The van der Waals surface area contributed by atoms with E-state index in [1.54, 1.807) is 0 Å². The fraction of sp³-hybridized carbons (Fsp3) is 0.615. The molecule has 1 aromatic rings. The van der Waals surface area contributed by atoms with Crippen LogP contribution in [0.2, 0.25) is 0 Å². The molecule has 0 spiro atoms. The van der Waals surface area contributed by atoms with Crippen molar-refractivity contribution in [3.8, 4) is 11.6 Å². The van der Waals surface area contributed by atoms with E-state index in [0.29, 0.717) is 43.1 Å². The van der Waals surface area contributed by atoms with Crippen LogP contribution in [0.15, 0.2) is 6.07 Å². The number of hydrogen-bond donors (Lipinski definition) is 0. The van der Waals surface area contributed by atoms with Gasteiger partial charge in [-0.3, -0.25) is 4.90 Å². The Hall–Kier alpha value is -1.36. The summed E-state index contributed by atoms with van der Waals surface area (Å²) in [6.07, 6.45) is 2.35. The van der Waals surface area contributed by atoms with Gasteiger partial charge in [0.1, 0.15) is 19.0 Å². The van der Waals surface area contributed by atoms with Crippen LogP contribution in [0.5, 0.6) is 11.6 Å². The predicted octanol–water partition coefficient (Wildman–Crippen LogP) is 1.98. The Morgan fingerprint density at radius 2 is 2.28 bits per heavy atom. The number of pyridine rings is 1. The van der Waals surface area contributed by atoms with Crippen molar-refractivity contribution in [2.24, 2.45) is 0 Å².